The predicted molar refractivity (Wildman–Crippen MR) is 71.7 cm³/mol. The first kappa shape index (κ1) is 14.7. The van der Waals surface area contributed by atoms with Crippen LogP contribution in [0.4, 0.5) is 0 Å². The third-order valence-corrected chi connectivity index (χ3v) is 6.48. The Bertz CT molecular complexity index is 557. The maximum atomic E-state index is 12.6. The molecule has 0 fully saturated rings. The molecule has 0 saturated heterocycles. The summed E-state index contributed by atoms with van der Waals surface area (Å²) in [5.74, 6) is 0. The third kappa shape index (κ3) is 2.28. The lowest BCUT2D eigenvalue weighted by atomic mass is 10.1. The van der Waals surface area contributed by atoms with Crippen molar-refractivity contribution in [1.29, 1.82) is 0 Å². The van der Waals surface area contributed by atoms with Crippen LogP contribution in [0.3, 0.4) is 0 Å². The minimum absolute atomic E-state index is 0.0945. The molecule has 0 aliphatic carbocycles. The van der Waals surface area contributed by atoms with Crippen molar-refractivity contribution in [3.63, 3.8) is 0 Å². The second kappa shape index (κ2) is 5.38. The quantitative estimate of drug-likeness (QED) is 0.600. The van der Waals surface area contributed by atoms with E-state index in [0.29, 0.717) is 5.56 Å². The fraction of sp³-hybridized carbons (Fsp3) is 0.500. The van der Waals surface area contributed by atoms with Crippen molar-refractivity contribution >= 4 is 21.4 Å². The average Bonchev–Trinajstić information content (AvgIpc) is 2.58. The Labute approximate surface area is 117 Å². The van der Waals surface area contributed by atoms with E-state index in [-0.39, 0.29) is 37.6 Å². The smallest absolute Gasteiger partial charge is 0.212 e. The van der Waals surface area contributed by atoms with Crippen LogP contribution in [0.5, 0.6) is 0 Å². The van der Waals surface area contributed by atoms with Crippen molar-refractivity contribution in [2.45, 2.75) is 15.6 Å². The molecule has 19 heavy (non-hydrogen) atoms. The molecule has 0 aromatic heterocycles. The number of sulfone groups is 1. The van der Waals surface area contributed by atoms with Gasteiger partial charge in [-0.05, 0) is 11.6 Å². The summed E-state index contributed by atoms with van der Waals surface area (Å²) in [5, 5.41) is 18.1. The van der Waals surface area contributed by atoms with Crippen molar-refractivity contribution in [3.8, 4) is 0 Å². The molecule has 0 bridgehead atoms. The Morgan fingerprint density at radius 1 is 1.21 bits per heavy atom. The van der Waals surface area contributed by atoms with Crippen molar-refractivity contribution < 1.29 is 18.6 Å². The summed E-state index contributed by atoms with van der Waals surface area (Å²) in [5.41, 5.74) is 0.665. The van der Waals surface area contributed by atoms with Gasteiger partial charge in [-0.3, -0.25) is 4.90 Å². The van der Waals surface area contributed by atoms with Crippen LogP contribution in [0.1, 0.15) is 5.56 Å². The summed E-state index contributed by atoms with van der Waals surface area (Å²) >= 11 is 6.37. The van der Waals surface area contributed by atoms with E-state index in [4.69, 9.17) is 21.8 Å². The van der Waals surface area contributed by atoms with Crippen molar-refractivity contribution in [2.75, 3.05) is 26.3 Å². The molecule has 0 saturated carbocycles. The number of aliphatic hydroxyl groups is 2. The molecule has 1 aromatic carbocycles. The van der Waals surface area contributed by atoms with Gasteiger partial charge in [-0.15, -0.1) is 0 Å². The zero-order valence-corrected chi connectivity index (χ0v) is 11.9. The van der Waals surface area contributed by atoms with Gasteiger partial charge < -0.3 is 10.2 Å². The SMILES string of the molecule is O=S1(=O)c2ccccc2CC1(Cl)N(CCO)CCO. The van der Waals surface area contributed by atoms with Gasteiger partial charge >= 0.3 is 0 Å². The van der Waals surface area contributed by atoms with Gasteiger partial charge in [0.1, 0.15) is 0 Å². The van der Waals surface area contributed by atoms with Gasteiger partial charge in [-0.25, -0.2) is 8.42 Å². The number of benzene rings is 1. The molecule has 1 unspecified atom stereocenters. The van der Waals surface area contributed by atoms with Gasteiger partial charge in [0.15, 0.2) is 0 Å². The minimum Gasteiger partial charge on any atom is -0.395 e. The normalized spacial score (nSPS) is 24.6. The molecular weight excluding hydrogens is 290 g/mol. The molecule has 0 radical (unpaired) electrons. The topological polar surface area (TPSA) is 77.8 Å². The zero-order valence-electron chi connectivity index (χ0n) is 10.3. The summed E-state index contributed by atoms with van der Waals surface area (Å²) in [4.78, 5) is 1.63. The van der Waals surface area contributed by atoms with Crippen LogP contribution in [-0.4, -0.2) is 54.2 Å². The maximum absolute atomic E-state index is 12.6. The molecule has 106 valence electrons. The first-order valence-corrected chi connectivity index (χ1v) is 7.81. The lowest BCUT2D eigenvalue weighted by Gasteiger charge is -2.34. The first-order valence-electron chi connectivity index (χ1n) is 5.95. The number of fused-ring (bicyclic) bond motifs is 1. The van der Waals surface area contributed by atoms with Crippen molar-refractivity contribution in [3.05, 3.63) is 29.8 Å². The fourth-order valence-corrected chi connectivity index (χ4v) is 4.89. The highest BCUT2D eigenvalue weighted by molar-refractivity contribution is 7.94. The number of hydrogen-bond acceptors (Lipinski definition) is 5. The summed E-state index contributed by atoms with van der Waals surface area (Å²) in [6.07, 6.45) is 0.146. The highest BCUT2D eigenvalue weighted by Crippen LogP contribution is 2.44. The van der Waals surface area contributed by atoms with E-state index in [2.05, 4.69) is 0 Å². The van der Waals surface area contributed by atoms with Gasteiger partial charge in [0.2, 0.25) is 14.2 Å². The van der Waals surface area contributed by atoms with Gasteiger partial charge in [-0.2, -0.15) is 0 Å². The van der Waals surface area contributed by atoms with E-state index >= 15 is 0 Å². The van der Waals surface area contributed by atoms with Crippen molar-refractivity contribution in [2.24, 2.45) is 0 Å². The van der Waals surface area contributed by atoms with Gasteiger partial charge in [-0.1, -0.05) is 29.8 Å². The third-order valence-electron chi connectivity index (χ3n) is 3.29. The Hall–Kier alpha value is -0.660. The van der Waals surface area contributed by atoms with Crippen LogP contribution in [0, 0.1) is 0 Å². The first-order chi connectivity index (χ1) is 8.97. The Morgan fingerprint density at radius 3 is 2.32 bits per heavy atom. The fourth-order valence-electron chi connectivity index (χ4n) is 2.38. The van der Waals surface area contributed by atoms with Crippen LogP contribution < -0.4 is 0 Å². The number of nitrogens with zero attached hydrogens (tertiary/aromatic N) is 1. The summed E-state index contributed by atoms with van der Waals surface area (Å²) < 4.78 is 23.5. The summed E-state index contributed by atoms with van der Waals surface area (Å²) in [6, 6.07) is 6.68. The molecule has 1 aliphatic rings. The Kier molecular flexibility index (Phi) is 4.17. The lowest BCUT2D eigenvalue weighted by Crippen LogP contribution is -2.51. The van der Waals surface area contributed by atoms with Gasteiger partial charge in [0.05, 0.1) is 18.1 Å². The van der Waals surface area contributed by atoms with E-state index < -0.39 is 14.2 Å². The predicted octanol–water partition coefficient (Wildman–Crippen LogP) is 0.196. The summed E-state index contributed by atoms with van der Waals surface area (Å²) in [6.45, 7) is -0.255. The second-order valence-corrected chi connectivity index (χ2v) is 7.38. The molecule has 1 aliphatic heterocycles. The number of rotatable bonds is 5. The maximum Gasteiger partial charge on any atom is 0.212 e. The number of aliphatic hydroxyl groups excluding tert-OH is 2. The molecule has 7 heteroatoms. The lowest BCUT2D eigenvalue weighted by molar-refractivity contribution is 0.135. The second-order valence-electron chi connectivity index (χ2n) is 4.41. The highest BCUT2D eigenvalue weighted by atomic mass is 35.5. The number of hydrogen-bond donors (Lipinski definition) is 2. The van der Waals surface area contributed by atoms with E-state index in [1.165, 1.54) is 11.0 Å². The highest BCUT2D eigenvalue weighted by Gasteiger charge is 2.53. The van der Waals surface area contributed by atoms with Crippen LogP contribution in [0.2, 0.25) is 0 Å². The van der Waals surface area contributed by atoms with E-state index in [9.17, 15) is 8.42 Å². The van der Waals surface area contributed by atoms with E-state index in [1.54, 1.807) is 18.2 Å². The van der Waals surface area contributed by atoms with Crippen LogP contribution >= 0.6 is 11.6 Å². The zero-order chi connectivity index (χ0) is 14.1. The Balaban J connectivity index is 2.46. The number of alkyl halides is 1. The monoisotopic (exact) mass is 305 g/mol. The van der Waals surface area contributed by atoms with Crippen LogP contribution in [-0.2, 0) is 16.3 Å². The molecule has 1 heterocycles. The van der Waals surface area contributed by atoms with Gasteiger partial charge in [0.25, 0.3) is 0 Å². The molecule has 1 aromatic rings. The largest absolute Gasteiger partial charge is 0.395 e. The molecule has 2 N–H and O–H groups in total. The van der Waals surface area contributed by atoms with Gasteiger partial charge in [0, 0.05) is 19.5 Å². The molecule has 0 spiro atoms. The molecule has 5 nitrogen and oxygen atoms in total. The standard InChI is InChI=1S/C12H16ClNO4S/c13-12(14(5-7-15)6-8-16)9-10-3-1-2-4-11(10)19(12,17)18/h1-4,15-16H,5-9H2. The molecular formula is C12H16ClNO4S. The number of halogens is 1. The molecule has 1 atom stereocenters. The van der Waals surface area contributed by atoms with Crippen LogP contribution in [0.25, 0.3) is 0 Å². The van der Waals surface area contributed by atoms with Crippen LogP contribution in [0.15, 0.2) is 29.2 Å². The van der Waals surface area contributed by atoms with E-state index in [0.717, 1.165) is 0 Å². The molecule has 2 rings (SSSR count). The minimum atomic E-state index is -3.72. The summed E-state index contributed by atoms with van der Waals surface area (Å²) in [7, 11) is -3.72. The average molecular weight is 306 g/mol. The molecule has 0 amide bonds. The van der Waals surface area contributed by atoms with Crippen molar-refractivity contribution in [1.82, 2.24) is 4.90 Å². The van der Waals surface area contributed by atoms with E-state index in [1.807, 2.05) is 0 Å². The Morgan fingerprint density at radius 2 is 1.79 bits per heavy atom.